The number of likely N-dealkylation sites (tertiary alicyclic amines) is 1. The summed E-state index contributed by atoms with van der Waals surface area (Å²) in [5, 5.41) is 5.90. The van der Waals surface area contributed by atoms with Crippen LogP contribution in [0.5, 0.6) is 0 Å². The van der Waals surface area contributed by atoms with Crippen molar-refractivity contribution in [2.45, 2.75) is 18.8 Å². The van der Waals surface area contributed by atoms with Crippen LogP contribution in [0.3, 0.4) is 0 Å². The summed E-state index contributed by atoms with van der Waals surface area (Å²) >= 11 is 1.32. The third kappa shape index (κ3) is 4.87. The molecule has 0 bridgehead atoms. The van der Waals surface area contributed by atoms with E-state index < -0.39 is 0 Å². The Labute approximate surface area is 171 Å². The predicted octanol–water partition coefficient (Wildman–Crippen LogP) is 2.44. The lowest BCUT2D eigenvalue weighted by molar-refractivity contribution is -0.123. The molecular weight excluding hydrogens is 390 g/mol. The average Bonchev–Trinajstić information content (AvgIpc) is 3.46. The highest BCUT2D eigenvalue weighted by Crippen LogP contribution is 2.28. The van der Waals surface area contributed by atoms with E-state index in [1.54, 1.807) is 12.1 Å². The number of nitrogens with zero attached hydrogens (tertiary/aromatic N) is 3. The fourth-order valence-electron chi connectivity index (χ4n) is 3.28. The van der Waals surface area contributed by atoms with Gasteiger partial charge in [-0.15, -0.1) is 11.3 Å². The zero-order chi connectivity index (χ0) is 20.1. The Morgan fingerprint density at radius 2 is 1.90 bits per heavy atom. The largest absolute Gasteiger partial charge is 0.339 e. The summed E-state index contributed by atoms with van der Waals surface area (Å²) in [6.07, 6.45) is 1.68. The van der Waals surface area contributed by atoms with E-state index in [0.717, 1.165) is 31.5 Å². The molecule has 9 heteroatoms. The van der Waals surface area contributed by atoms with Crippen LogP contribution in [-0.4, -0.2) is 46.5 Å². The first-order valence-corrected chi connectivity index (χ1v) is 10.3. The molecule has 0 saturated carbocycles. The summed E-state index contributed by atoms with van der Waals surface area (Å²) in [6, 6.07) is 13.2. The van der Waals surface area contributed by atoms with Crippen LogP contribution in [0.4, 0.5) is 0 Å². The van der Waals surface area contributed by atoms with E-state index in [2.05, 4.69) is 25.9 Å². The summed E-state index contributed by atoms with van der Waals surface area (Å²) in [5.41, 5.74) is 5.84. The minimum absolute atomic E-state index is 0.192. The van der Waals surface area contributed by atoms with Crippen molar-refractivity contribution in [1.82, 2.24) is 25.9 Å². The first kappa shape index (κ1) is 19.3. The second kappa shape index (κ2) is 8.97. The molecule has 150 valence electrons. The van der Waals surface area contributed by atoms with Gasteiger partial charge in [-0.2, -0.15) is 4.98 Å². The maximum atomic E-state index is 12.1. The van der Waals surface area contributed by atoms with E-state index in [1.165, 1.54) is 11.3 Å². The third-order valence-corrected chi connectivity index (χ3v) is 5.71. The molecule has 0 spiro atoms. The van der Waals surface area contributed by atoms with E-state index in [1.807, 2.05) is 35.7 Å². The molecule has 29 heavy (non-hydrogen) atoms. The normalized spacial score (nSPS) is 15.2. The number of amides is 2. The lowest BCUT2D eigenvalue weighted by Crippen LogP contribution is -2.47. The van der Waals surface area contributed by atoms with Gasteiger partial charge in [-0.25, -0.2) is 0 Å². The molecule has 0 aliphatic carbocycles. The molecule has 2 N–H and O–H groups in total. The van der Waals surface area contributed by atoms with E-state index in [0.29, 0.717) is 16.6 Å². The van der Waals surface area contributed by atoms with Crippen molar-refractivity contribution >= 4 is 23.2 Å². The Morgan fingerprint density at radius 3 is 2.62 bits per heavy atom. The quantitative estimate of drug-likeness (QED) is 0.626. The van der Waals surface area contributed by atoms with E-state index >= 15 is 0 Å². The van der Waals surface area contributed by atoms with E-state index in [9.17, 15) is 9.59 Å². The molecule has 0 atom stereocenters. The van der Waals surface area contributed by atoms with Crippen LogP contribution in [0.2, 0.25) is 0 Å². The lowest BCUT2D eigenvalue weighted by Gasteiger charge is -2.29. The van der Waals surface area contributed by atoms with Crippen molar-refractivity contribution in [2.75, 3.05) is 19.6 Å². The molecule has 2 amide bonds. The number of thiophene rings is 1. The number of aromatic nitrogens is 2. The van der Waals surface area contributed by atoms with Crippen LogP contribution in [0.15, 0.2) is 52.4 Å². The molecule has 0 unspecified atom stereocenters. The number of piperidine rings is 1. The Morgan fingerprint density at radius 1 is 1.10 bits per heavy atom. The van der Waals surface area contributed by atoms with Crippen LogP contribution >= 0.6 is 11.3 Å². The SMILES string of the molecule is O=C(CN1CCC(c2nc(-c3ccccc3)no2)CC1)NNC(=O)c1cccs1. The highest BCUT2D eigenvalue weighted by molar-refractivity contribution is 7.12. The Balaban J connectivity index is 1.23. The average molecular weight is 411 g/mol. The van der Waals surface area contributed by atoms with Crippen molar-refractivity contribution in [3.05, 3.63) is 58.6 Å². The van der Waals surface area contributed by atoms with E-state index in [-0.39, 0.29) is 24.3 Å². The molecule has 0 radical (unpaired) electrons. The van der Waals surface area contributed by atoms with Crippen molar-refractivity contribution in [2.24, 2.45) is 0 Å². The van der Waals surface area contributed by atoms with Crippen molar-refractivity contribution in [1.29, 1.82) is 0 Å². The second-order valence-corrected chi connectivity index (χ2v) is 7.80. The van der Waals surface area contributed by atoms with Gasteiger partial charge >= 0.3 is 0 Å². The fourth-order valence-corrected chi connectivity index (χ4v) is 3.90. The topological polar surface area (TPSA) is 100 Å². The maximum absolute atomic E-state index is 12.1. The Hall–Kier alpha value is -3.04. The van der Waals surface area contributed by atoms with Crippen molar-refractivity contribution in [3.8, 4) is 11.4 Å². The summed E-state index contributed by atoms with van der Waals surface area (Å²) in [4.78, 5) is 31.1. The zero-order valence-electron chi connectivity index (χ0n) is 15.7. The summed E-state index contributed by atoms with van der Waals surface area (Å²) in [6.45, 7) is 1.73. The third-order valence-electron chi connectivity index (χ3n) is 4.84. The molecule has 1 aliphatic rings. The van der Waals surface area contributed by atoms with Crippen LogP contribution < -0.4 is 10.9 Å². The van der Waals surface area contributed by atoms with Crippen LogP contribution in [0, 0.1) is 0 Å². The molecule has 2 aromatic heterocycles. The number of rotatable bonds is 5. The standard InChI is InChI=1S/C20H21N5O3S/c26-17(22-23-19(27)16-7-4-12-29-16)13-25-10-8-15(9-11-25)20-21-18(24-28-20)14-5-2-1-3-6-14/h1-7,12,15H,8-11,13H2,(H,22,26)(H,23,27). The van der Waals surface area contributed by atoms with Gasteiger partial charge in [0, 0.05) is 11.5 Å². The minimum Gasteiger partial charge on any atom is -0.339 e. The summed E-state index contributed by atoms with van der Waals surface area (Å²) in [7, 11) is 0. The number of benzene rings is 1. The van der Waals surface area contributed by atoms with Gasteiger partial charge in [0.1, 0.15) is 0 Å². The molecule has 8 nitrogen and oxygen atoms in total. The number of carbonyl (C=O) groups excluding carboxylic acids is 2. The Kier molecular flexibility index (Phi) is 5.97. The smallest absolute Gasteiger partial charge is 0.279 e. The van der Waals surface area contributed by atoms with Crippen molar-refractivity contribution < 1.29 is 14.1 Å². The van der Waals surface area contributed by atoms with Gasteiger partial charge < -0.3 is 4.52 Å². The van der Waals surface area contributed by atoms with Crippen LogP contribution in [0.1, 0.15) is 34.3 Å². The molecule has 3 aromatic rings. The molecular formula is C20H21N5O3S. The molecule has 1 fully saturated rings. The van der Waals surface area contributed by atoms with Crippen molar-refractivity contribution in [3.63, 3.8) is 0 Å². The van der Waals surface area contributed by atoms with Gasteiger partial charge in [0.2, 0.25) is 11.7 Å². The molecule has 3 heterocycles. The summed E-state index contributed by atoms with van der Waals surface area (Å²) < 4.78 is 5.47. The highest BCUT2D eigenvalue weighted by Gasteiger charge is 2.26. The number of hydrogen-bond acceptors (Lipinski definition) is 7. The van der Waals surface area contributed by atoms with Gasteiger partial charge in [-0.1, -0.05) is 41.6 Å². The molecule has 4 rings (SSSR count). The minimum atomic E-state index is -0.308. The predicted molar refractivity (Wildman–Crippen MR) is 108 cm³/mol. The fraction of sp³-hybridized carbons (Fsp3) is 0.300. The first-order valence-electron chi connectivity index (χ1n) is 9.43. The molecule has 1 saturated heterocycles. The van der Waals surface area contributed by atoms with Gasteiger partial charge in [-0.05, 0) is 37.4 Å². The van der Waals surface area contributed by atoms with Gasteiger partial charge in [0.15, 0.2) is 0 Å². The highest BCUT2D eigenvalue weighted by atomic mass is 32.1. The number of carbonyl (C=O) groups is 2. The second-order valence-electron chi connectivity index (χ2n) is 6.85. The molecule has 1 aliphatic heterocycles. The number of nitrogens with one attached hydrogen (secondary N) is 2. The van der Waals surface area contributed by atoms with E-state index in [4.69, 9.17) is 4.52 Å². The monoisotopic (exact) mass is 411 g/mol. The summed E-state index contributed by atoms with van der Waals surface area (Å²) in [5.74, 6) is 0.896. The number of hydrogen-bond donors (Lipinski definition) is 2. The first-order chi connectivity index (χ1) is 14.2. The maximum Gasteiger partial charge on any atom is 0.279 e. The Bertz CT molecular complexity index is 950. The lowest BCUT2D eigenvalue weighted by atomic mass is 9.97. The molecule has 1 aromatic carbocycles. The van der Waals surface area contributed by atoms with Crippen LogP contribution in [-0.2, 0) is 4.79 Å². The zero-order valence-corrected chi connectivity index (χ0v) is 16.5. The van der Waals surface area contributed by atoms with Gasteiger partial charge in [0.05, 0.1) is 11.4 Å². The van der Waals surface area contributed by atoms with Gasteiger partial charge in [0.25, 0.3) is 11.8 Å². The van der Waals surface area contributed by atoms with Gasteiger partial charge in [-0.3, -0.25) is 25.3 Å². The van der Waals surface area contributed by atoms with Crippen LogP contribution in [0.25, 0.3) is 11.4 Å². The number of hydrazine groups is 1.